The van der Waals surface area contributed by atoms with Crippen molar-refractivity contribution >= 4 is 67.8 Å². The molecule has 0 atom stereocenters. The number of fused-ring (bicyclic) bond motifs is 2. The van der Waals surface area contributed by atoms with Gasteiger partial charge in [0.1, 0.15) is 0 Å². The highest BCUT2D eigenvalue weighted by Crippen LogP contribution is 2.39. The molecule has 284 valence electrons. The van der Waals surface area contributed by atoms with Crippen LogP contribution in [0.15, 0.2) is 243 Å². The lowest BCUT2D eigenvalue weighted by atomic mass is 9.98. The van der Waals surface area contributed by atoms with E-state index < -0.39 is 0 Å². The third-order valence-corrected chi connectivity index (χ3v) is 11.3. The quantitative estimate of drug-likeness (QED) is 0.128. The fourth-order valence-electron chi connectivity index (χ4n) is 8.24. The van der Waals surface area contributed by atoms with E-state index in [1.807, 2.05) is 0 Å². The van der Waals surface area contributed by atoms with Gasteiger partial charge in [0.05, 0.1) is 0 Å². The predicted octanol–water partition coefficient (Wildman–Crippen LogP) is 16.4. The maximum absolute atomic E-state index is 2.31. The van der Waals surface area contributed by atoms with Crippen LogP contribution < -0.4 is 9.80 Å². The van der Waals surface area contributed by atoms with Gasteiger partial charge in [-0.25, -0.2) is 0 Å². The van der Waals surface area contributed by atoms with Gasteiger partial charge in [-0.1, -0.05) is 182 Å². The minimum absolute atomic E-state index is 1.10. The van der Waals surface area contributed by atoms with Crippen LogP contribution in [0.2, 0.25) is 0 Å². The van der Waals surface area contributed by atoms with Crippen LogP contribution in [0, 0.1) is 0 Å². The van der Waals surface area contributed by atoms with Crippen LogP contribution >= 0.6 is 0 Å². The molecule has 0 aliphatic heterocycles. The van der Waals surface area contributed by atoms with E-state index >= 15 is 0 Å². The number of para-hydroxylation sites is 2. The number of anilines is 6. The Balaban J connectivity index is 0.888. The highest BCUT2D eigenvalue weighted by Gasteiger charge is 2.15. The molecular weight excluding hydrogens is 725 g/mol. The Morgan fingerprint density at radius 2 is 0.533 bits per heavy atom. The van der Waals surface area contributed by atoms with Gasteiger partial charge in [0.25, 0.3) is 0 Å². The number of hydrogen-bond donors (Lipinski definition) is 0. The third-order valence-electron chi connectivity index (χ3n) is 11.3. The van der Waals surface area contributed by atoms with Gasteiger partial charge >= 0.3 is 0 Å². The third kappa shape index (κ3) is 7.46. The van der Waals surface area contributed by atoms with Crippen molar-refractivity contribution in [2.24, 2.45) is 0 Å². The number of rotatable bonds is 10. The molecule has 60 heavy (non-hydrogen) atoms. The summed E-state index contributed by atoms with van der Waals surface area (Å²) in [6.45, 7) is 0. The lowest BCUT2D eigenvalue weighted by molar-refractivity contribution is 1.28. The van der Waals surface area contributed by atoms with Crippen LogP contribution in [0.1, 0.15) is 11.1 Å². The van der Waals surface area contributed by atoms with Crippen LogP contribution in [-0.2, 0) is 0 Å². The first-order valence-electron chi connectivity index (χ1n) is 20.5. The topological polar surface area (TPSA) is 6.48 Å². The smallest absolute Gasteiger partial charge is 0.0462 e. The van der Waals surface area contributed by atoms with Crippen LogP contribution in [0.5, 0.6) is 0 Å². The summed E-state index contributed by atoms with van der Waals surface area (Å²) in [6, 6.07) is 86.8. The Labute approximate surface area is 352 Å². The minimum Gasteiger partial charge on any atom is -0.311 e. The molecule has 0 aliphatic rings. The summed E-state index contributed by atoms with van der Waals surface area (Å²) in [5.41, 5.74) is 13.8. The average molecular weight is 767 g/mol. The van der Waals surface area contributed by atoms with E-state index in [-0.39, 0.29) is 0 Å². The maximum atomic E-state index is 2.31. The Morgan fingerprint density at radius 1 is 0.233 bits per heavy atom. The zero-order valence-corrected chi connectivity index (χ0v) is 33.1. The number of hydrogen-bond acceptors (Lipinski definition) is 2. The van der Waals surface area contributed by atoms with Gasteiger partial charge in [-0.3, -0.25) is 0 Å². The molecule has 0 aliphatic carbocycles. The van der Waals surface area contributed by atoms with Crippen molar-refractivity contribution in [3.8, 4) is 22.3 Å². The van der Waals surface area contributed by atoms with Gasteiger partial charge in [0, 0.05) is 34.1 Å². The van der Waals surface area contributed by atoms with E-state index in [1.165, 1.54) is 43.8 Å². The molecule has 2 heteroatoms. The Morgan fingerprint density at radius 3 is 0.917 bits per heavy atom. The molecule has 10 aromatic carbocycles. The Hall–Kier alpha value is -7.94. The summed E-state index contributed by atoms with van der Waals surface area (Å²) < 4.78 is 0. The molecule has 0 aromatic heterocycles. The highest BCUT2D eigenvalue weighted by atomic mass is 15.1. The first-order valence-corrected chi connectivity index (χ1v) is 20.5. The normalized spacial score (nSPS) is 11.3. The molecule has 0 saturated heterocycles. The van der Waals surface area contributed by atoms with Gasteiger partial charge < -0.3 is 9.80 Å². The van der Waals surface area contributed by atoms with E-state index in [4.69, 9.17) is 0 Å². The van der Waals surface area contributed by atoms with Crippen LogP contribution in [0.3, 0.4) is 0 Å². The van der Waals surface area contributed by atoms with Crippen LogP contribution in [0.25, 0.3) is 56.0 Å². The van der Waals surface area contributed by atoms with Gasteiger partial charge in [-0.05, 0) is 128 Å². The lowest BCUT2D eigenvalue weighted by Crippen LogP contribution is -2.09. The van der Waals surface area contributed by atoms with Crippen LogP contribution in [0.4, 0.5) is 34.1 Å². The van der Waals surface area contributed by atoms with E-state index in [2.05, 4.69) is 265 Å². The highest BCUT2D eigenvalue weighted by molar-refractivity contribution is 5.98. The van der Waals surface area contributed by atoms with E-state index in [0.717, 1.165) is 45.3 Å². The number of benzene rings is 10. The largest absolute Gasteiger partial charge is 0.311 e. The first-order chi connectivity index (χ1) is 29.7. The molecule has 0 heterocycles. The van der Waals surface area contributed by atoms with Gasteiger partial charge in [0.15, 0.2) is 0 Å². The maximum Gasteiger partial charge on any atom is 0.0462 e. The van der Waals surface area contributed by atoms with Crippen molar-refractivity contribution in [1.29, 1.82) is 0 Å². The Bertz CT molecular complexity index is 2820. The van der Waals surface area contributed by atoms with Gasteiger partial charge in [0.2, 0.25) is 0 Å². The molecule has 10 aromatic rings. The summed E-state index contributed by atoms with van der Waals surface area (Å²) in [5, 5.41) is 5.03. The molecule has 0 fully saturated rings. The molecule has 0 amide bonds. The molecule has 0 saturated carbocycles. The predicted molar refractivity (Wildman–Crippen MR) is 257 cm³/mol. The summed E-state index contributed by atoms with van der Waals surface area (Å²) in [6.07, 6.45) is 4.37. The second-order valence-electron chi connectivity index (χ2n) is 15.0. The van der Waals surface area contributed by atoms with E-state index in [1.54, 1.807) is 0 Å². The monoisotopic (exact) mass is 766 g/mol. The molecule has 0 radical (unpaired) electrons. The van der Waals surface area contributed by atoms with Crippen molar-refractivity contribution in [3.05, 3.63) is 254 Å². The van der Waals surface area contributed by atoms with Crippen molar-refractivity contribution in [3.63, 3.8) is 0 Å². The molecule has 0 spiro atoms. The van der Waals surface area contributed by atoms with E-state index in [9.17, 15) is 0 Å². The van der Waals surface area contributed by atoms with Crippen molar-refractivity contribution in [1.82, 2.24) is 0 Å². The first kappa shape index (κ1) is 36.4. The molecular formula is C58H42N2. The summed E-state index contributed by atoms with van der Waals surface area (Å²) in [5.74, 6) is 0. The van der Waals surface area contributed by atoms with Crippen molar-refractivity contribution in [2.75, 3.05) is 9.80 Å². The number of nitrogens with zero attached hydrogens (tertiary/aromatic N) is 2. The average Bonchev–Trinajstić information content (AvgIpc) is 3.33. The fourth-order valence-corrected chi connectivity index (χ4v) is 8.24. The summed E-state index contributed by atoms with van der Waals surface area (Å²) in [7, 11) is 0. The van der Waals surface area contributed by atoms with E-state index in [0.29, 0.717) is 0 Å². The lowest BCUT2D eigenvalue weighted by Gasteiger charge is -2.26. The van der Waals surface area contributed by atoms with Crippen LogP contribution in [-0.4, -0.2) is 0 Å². The zero-order valence-electron chi connectivity index (χ0n) is 33.1. The zero-order chi connectivity index (χ0) is 40.1. The fraction of sp³-hybridized carbons (Fsp3) is 0. The van der Waals surface area contributed by atoms with Crippen molar-refractivity contribution in [2.45, 2.75) is 0 Å². The minimum atomic E-state index is 1.10. The molecule has 10 rings (SSSR count). The molecule has 2 nitrogen and oxygen atoms in total. The standard InChI is InChI=1S/C58H42N2/c1-3-17-49(18-4-1)59(53-39-31-47(32-40-53)57-23-11-15-45-13-7-9-21-55(45)57)51-35-27-43(28-36-51)25-26-44-29-37-52(38-30-44)60(50-19-5-2-6-20-50)54-41-33-48(34-42-54)58-24-12-16-46-14-8-10-22-56(46)58/h1-42H. The van der Waals surface area contributed by atoms with Gasteiger partial charge in [-0.15, -0.1) is 0 Å². The Kier molecular flexibility index (Phi) is 10.0. The second-order valence-corrected chi connectivity index (χ2v) is 15.0. The summed E-state index contributed by atoms with van der Waals surface area (Å²) in [4.78, 5) is 4.63. The molecule has 0 bridgehead atoms. The van der Waals surface area contributed by atoms with Crippen molar-refractivity contribution < 1.29 is 0 Å². The summed E-state index contributed by atoms with van der Waals surface area (Å²) >= 11 is 0. The molecule has 0 unspecified atom stereocenters. The molecule has 0 N–H and O–H groups in total. The second kappa shape index (κ2) is 16.5. The van der Waals surface area contributed by atoms with Gasteiger partial charge in [-0.2, -0.15) is 0 Å². The SMILES string of the molecule is C(=Cc1ccc(N(c2ccccc2)c2ccc(-c3cccc4ccccc34)cc2)cc1)c1ccc(N(c2ccccc2)c2ccc(-c3cccc4ccccc34)cc2)cc1.